The minimum absolute atomic E-state index is 0.298. The van der Waals surface area contributed by atoms with Crippen LogP contribution in [0.4, 0.5) is 4.79 Å². The van der Waals surface area contributed by atoms with Crippen molar-refractivity contribution in [2.45, 2.75) is 57.5 Å². The van der Waals surface area contributed by atoms with Crippen LogP contribution in [0.3, 0.4) is 0 Å². The van der Waals surface area contributed by atoms with Crippen molar-refractivity contribution >= 4 is 6.03 Å². The maximum absolute atomic E-state index is 12.0. The third-order valence-electron chi connectivity index (χ3n) is 4.36. The van der Waals surface area contributed by atoms with Gasteiger partial charge in [0.1, 0.15) is 18.2 Å². The van der Waals surface area contributed by atoms with Crippen molar-refractivity contribution in [2.24, 2.45) is 7.05 Å². The molecule has 9 nitrogen and oxygen atoms in total. The number of carbonyl (C=O) groups is 1. The molecule has 1 fully saturated rings. The molecule has 24 heavy (non-hydrogen) atoms. The first-order chi connectivity index (χ1) is 11.6. The van der Waals surface area contributed by atoms with E-state index in [1.165, 1.54) is 25.6 Å². The van der Waals surface area contributed by atoms with Crippen molar-refractivity contribution in [2.75, 3.05) is 0 Å². The van der Waals surface area contributed by atoms with Crippen LogP contribution in [0.1, 0.15) is 68.5 Å². The summed E-state index contributed by atoms with van der Waals surface area (Å²) in [6, 6.07) is -0.669. The predicted molar refractivity (Wildman–Crippen MR) is 84.9 cm³/mol. The molecule has 2 aromatic rings. The first kappa shape index (κ1) is 16.4. The summed E-state index contributed by atoms with van der Waals surface area (Å²) in [6.07, 6.45) is 7.38. The van der Waals surface area contributed by atoms with Gasteiger partial charge in [-0.3, -0.25) is 4.68 Å². The van der Waals surface area contributed by atoms with Crippen molar-refractivity contribution in [1.29, 1.82) is 0 Å². The fraction of sp³-hybridized carbons (Fsp3) is 0.667. The van der Waals surface area contributed by atoms with Gasteiger partial charge in [-0.15, -0.1) is 0 Å². The van der Waals surface area contributed by atoms with Gasteiger partial charge in [0.25, 0.3) is 0 Å². The normalized spacial score (nSPS) is 16.8. The SMILES string of the molecule is C[C@@H](NC(=O)NCc1ncnn1C)c1nc(C2CCCCC2)no1. The van der Waals surface area contributed by atoms with Gasteiger partial charge in [0.2, 0.25) is 5.89 Å². The Morgan fingerprint density at radius 2 is 2.21 bits per heavy atom. The minimum atomic E-state index is -0.352. The highest BCUT2D eigenvalue weighted by Crippen LogP contribution is 2.31. The molecule has 130 valence electrons. The van der Waals surface area contributed by atoms with Crippen molar-refractivity contribution in [3.63, 3.8) is 0 Å². The van der Waals surface area contributed by atoms with Crippen LogP contribution < -0.4 is 10.6 Å². The zero-order valence-corrected chi connectivity index (χ0v) is 14.0. The van der Waals surface area contributed by atoms with Crippen molar-refractivity contribution < 1.29 is 9.32 Å². The summed E-state index contributed by atoms with van der Waals surface area (Å²) >= 11 is 0. The second-order valence-corrected chi connectivity index (χ2v) is 6.17. The largest absolute Gasteiger partial charge is 0.337 e. The summed E-state index contributed by atoms with van der Waals surface area (Å²) in [7, 11) is 1.77. The molecule has 1 aliphatic carbocycles. The van der Waals surface area contributed by atoms with E-state index in [1.807, 2.05) is 6.92 Å². The van der Waals surface area contributed by atoms with Gasteiger partial charge in [-0.1, -0.05) is 24.4 Å². The molecule has 0 saturated heterocycles. The van der Waals surface area contributed by atoms with E-state index in [-0.39, 0.29) is 12.1 Å². The number of rotatable bonds is 5. The Morgan fingerprint density at radius 3 is 2.92 bits per heavy atom. The highest BCUT2D eigenvalue weighted by atomic mass is 16.5. The number of urea groups is 1. The molecule has 0 aliphatic heterocycles. The molecule has 0 spiro atoms. The van der Waals surface area contributed by atoms with Crippen LogP contribution in [0, 0.1) is 0 Å². The van der Waals surface area contributed by atoms with E-state index >= 15 is 0 Å². The predicted octanol–water partition coefficient (Wildman–Crippen LogP) is 1.81. The van der Waals surface area contributed by atoms with Crippen LogP contribution in [-0.4, -0.2) is 30.9 Å². The Hall–Kier alpha value is -2.45. The molecule has 1 atom stereocenters. The van der Waals surface area contributed by atoms with Crippen LogP contribution in [0.25, 0.3) is 0 Å². The number of hydrogen-bond donors (Lipinski definition) is 2. The van der Waals surface area contributed by atoms with E-state index in [4.69, 9.17) is 4.52 Å². The van der Waals surface area contributed by atoms with Gasteiger partial charge in [-0.25, -0.2) is 9.78 Å². The number of aromatic nitrogens is 5. The van der Waals surface area contributed by atoms with Crippen molar-refractivity contribution in [3.05, 3.63) is 23.9 Å². The number of aryl methyl sites for hydroxylation is 1. The Morgan fingerprint density at radius 1 is 1.42 bits per heavy atom. The van der Waals surface area contributed by atoms with Crippen LogP contribution in [0.15, 0.2) is 10.9 Å². The van der Waals surface area contributed by atoms with Gasteiger partial charge in [-0.2, -0.15) is 10.1 Å². The number of nitrogens with zero attached hydrogens (tertiary/aromatic N) is 5. The molecule has 2 N–H and O–H groups in total. The molecule has 0 aromatic carbocycles. The molecule has 2 amide bonds. The van der Waals surface area contributed by atoms with Crippen LogP contribution >= 0.6 is 0 Å². The second kappa shape index (κ2) is 7.41. The van der Waals surface area contributed by atoms with Gasteiger partial charge in [0.15, 0.2) is 5.82 Å². The molecular formula is C15H23N7O2. The molecule has 2 heterocycles. The fourth-order valence-electron chi connectivity index (χ4n) is 2.90. The Balaban J connectivity index is 1.50. The van der Waals surface area contributed by atoms with Crippen molar-refractivity contribution in [1.82, 2.24) is 35.5 Å². The van der Waals surface area contributed by atoms with Crippen molar-refractivity contribution in [3.8, 4) is 0 Å². The topological polar surface area (TPSA) is 111 Å². The molecule has 0 radical (unpaired) electrons. The zero-order chi connectivity index (χ0) is 16.9. The smallest absolute Gasteiger partial charge is 0.315 e. The van der Waals surface area contributed by atoms with E-state index in [2.05, 4.69) is 30.9 Å². The average Bonchev–Trinajstić information content (AvgIpc) is 3.23. The first-order valence-corrected chi connectivity index (χ1v) is 8.34. The van der Waals surface area contributed by atoms with Crippen LogP contribution in [-0.2, 0) is 13.6 Å². The summed E-state index contributed by atoms with van der Waals surface area (Å²) < 4.78 is 6.93. The second-order valence-electron chi connectivity index (χ2n) is 6.17. The molecule has 0 unspecified atom stereocenters. The standard InChI is InChI=1S/C15H23N7O2/c1-10(19-15(23)16-8-12-17-9-18-22(12)2)14-20-13(21-24-14)11-6-4-3-5-7-11/h9-11H,3-8H2,1-2H3,(H2,16,19,23)/t10-/m1/s1. The lowest BCUT2D eigenvalue weighted by Crippen LogP contribution is -2.37. The van der Waals surface area contributed by atoms with E-state index in [0.717, 1.165) is 18.7 Å². The lowest BCUT2D eigenvalue weighted by Gasteiger charge is -2.17. The summed E-state index contributed by atoms with van der Waals surface area (Å²) in [5.74, 6) is 2.26. The fourth-order valence-corrected chi connectivity index (χ4v) is 2.90. The molecule has 2 aromatic heterocycles. The lowest BCUT2D eigenvalue weighted by molar-refractivity contribution is 0.233. The van der Waals surface area contributed by atoms with E-state index in [9.17, 15) is 4.79 Å². The quantitative estimate of drug-likeness (QED) is 0.863. The van der Waals surface area contributed by atoms with Gasteiger partial charge in [-0.05, 0) is 19.8 Å². The highest BCUT2D eigenvalue weighted by molar-refractivity contribution is 5.74. The monoisotopic (exact) mass is 333 g/mol. The first-order valence-electron chi connectivity index (χ1n) is 8.34. The van der Waals surface area contributed by atoms with Crippen LogP contribution in [0.5, 0.6) is 0 Å². The van der Waals surface area contributed by atoms with E-state index in [0.29, 0.717) is 24.2 Å². The lowest BCUT2D eigenvalue weighted by atomic mass is 9.89. The highest BCUT2D eigenvalue weighted by Gasteiger charge is 2.23. The Kier molecular flexibility index (Phi) is 5.07. The van der Waals surface area contributed by atoms with Gasteiger partial charge in [0.05, 0.1) is 6.54 Å². The summed E-state index contributed by atoms with van der Waals surface area (Å²) in [6.45, 7) is 2.12. The molecule has 1 aliphatic rings. The maximum atomic E-state index is 12.0. The van der Waals surface area contributed by atoms with Gasteiger partial charge < -0.3 is 15.2 Å². The Bertz CT molecular complexity index is 675. The molecule has 3 rings (SSSR count). The number of hydrogen-bond acceptors (Lipinski definition) is 6. The molecule has 9 heteroatoms. The zero-order valence-electron chi connectivity index (χ0n) is 14.0. The summed E-state index contributed by atoms with van der Waals surface area (Å²) in [5.41, 5.74) is 0. The number of nitrogens with one attached hydrogen (secondary N) is 2. The molecule has 0 bridgehead atoms. The summed E-state index contributed by atoms with van der Waals surface area (Å²) in [5, 5.41) is 13.6. The summed E-state index contributed by atoms with van der Waals surface area (Å²) in [4.78, 5) is 20.5. The Labute approximate surface area is 140 Å². The third-order valence-corrected chi connectivity index (χ3v) is 4.36. The van der Waals surface area contributed by atoms with Crippen LogP contribution in [0.2, 0.25) is 0 Å². The number of carbonyl (C=O) groups excluding carboxylic acids is 1. The molecule has 1 saturated carbocycles. The maximum Gasteiger partial charge on any atom is 0.315 e. The van der Waals surface area contributed by atoms with Gasteiger partial charge in [0, 0.05) is 13.0 Å². The third kappa shape index (κ3) is 3.90. The average molecular weight is 333 g/mol. The van der Waals surface area contributed by atoms with E-state index < -0.39 is 0 Å². The van der Waals surface area contributed by atoms with Gasteiger partial charge >= 0.3 is 6.03 Å². The number of amides is 2. The van der Waals surface area contributed by atoms with E-state index in [1.54, 1.807) is 11.7 Å². The molecular weight excluding hydrogens is 310 g/mol. The minimum Gasteiger partial charge on any atom is -0.337 e.